The summed E-state index contributed by atoms with van der Waals surface area (Å²) in [6.45, 7) is 3.57. The van der Waals surface area contributed by atoms with Gasteiger partial charge in [0, 0.05) is 6.42 Å². The summed E-state index contributed by atoms with van der Waals surface area (Å²) in [4.78, 5) is 13.5. The van der Waals surface area contributed by atoms with Crippen LogP contribution in [0.3, 0.4) is 0 Å². The predicted octanol–water partition coefficient (Wildman–Crippen LogP) is 10.4. The summed E-state index contributed by atoms with van der Waals surface area (Å²) in [6, 6.07) is 0. The van der Waals surface area contributed by atoms with Crippen LogP contribution in [0.5, 0.6) is 0 Å². The molecule has 1 aliphatic carbocycles. The van der Waals surface area contributed by atoms with Crippen LogP contribution in [0.15, 0.2) is 0 Å². The summed E-state index contributed by atoms with van der Waals surface area (Å²) >= 11 is 0. The van der Waals surface area contributed by atoms with Crippen molar-refractivity contribution in [3.63, 3.8) is 0 Å². The molecule has 0 spiro atoms. The van der Waals surface area contributed by atoms with Gasteiger partial charge in [-0.1, -0.05) is 142 Å². The maximum absolute atomic E-state index is 11.1. The van der Waals surface area contributed by atoms with Gasteiger partial charge in [-0.2, -0.15) is 0 Å². The van der Waals surface area contributed by atoms with Gasteiger partial charge < -0.3 is 9.64 Å². The van der Waals surface area contributed by atoms with Crippen molar-refractivity contribution in [1.29, 1.82) is 0 Å². The molecular weight excluding hydrogens is 454 g/mol. The molecule has 0 aromatic heterocycles. The Hall–Kier alpha value is -0.570. The fourth-order valence-electron chi connectivity index (χ4n) is 6.14. The van der Waals surface area contributed by atoms with Crippen molar-refractivity contribution in [2.75, 3.05) is 27.7 Å². The Bertz CT molecular complexity index is 506. The molecule has 0 N–H and O–H groups in total. The van der Waals surface area contributed by atoms with Gasteiger partial charge in [-0.3, -0.25) is 4.79 Å². The maximum Gasteiger partial charge on any atom is 0.305 e. The number of methoxy groups -OCH3 is 1. The summed E-state index contributed by atoms with van der Waals surface area (Å²) in [5.74, 6) is 3.01. The van der Waals surface area contributed by atoms with Gasteiger partial charge in [-0.05, 0) is 57.7 Å². The van der Waals surface area contributed by atoms with Gasteiger partial charge in [0.1, 0.15) is 0 Å². The third-order valence-corrected chi connectivity index (χ3v) is 8.89. The predicted molar refractivity (Wildman–Crippen MR) is 162 cm³/mol. The molecule has 3 heteroatoms. The average Bonchev–Trinajstić information content (AvgIpc) is 3.64. The number of hydrogen-bond acceptors (Lipinski definition) is 3. The van der Waals surface area contributed by atoms with E-state index in [-0.39, 0.29) is 5.97 Å². The molecule has 0 bridgehead atoms. The molecule has 0 aromatic carbocycles. The van der Waals surface area contributed by atoms with Crippen molar-refractivity contribution in [3.8, 4) is 0 Å². The van der Waals surface area contributed by atoms with E-state index in [2.05, 4.69) is 25.9 Å². The molecule has 1 saturated carbocycles. The minimum absolute atomic E-state index is 0.0563. The molecule has 0 amide bonds. The van der Waals surface area contributed by atoms with Crippen molar-refractivity contribution < 1.29 is 9.53 Å². The van der Waals surface area contributed by atoms with Crippen LogP contribution >= 0.6 is 0 Å². The van der Waals surface area contributed by atoms with Gasteiger partial charge in [0.2, 0.25) is 0 Å². The molecule has 0 saturated heterocycles. The summed E-state index contributed by atoms with van der Waals surface area (Å²) in [6.07, 6.45) is 34.4. The molecule has 3 atom stereocenters. The van der Waals surface area contributed by atoms with Crippen LogP contribution in [0.2, 0.25) is 0 Å². The number of nitrogens with zero attached hydrogens (tertiary/aromatic N) is 1. The smallest absolute Gasteiger partial charge is 0.305 e. The van der Waals surface area contributed by atoms with Gasteiger partial charge in [0.15, 0.2) is 0 Å². The van der Waals surface area contributed by atoms with Gasteiger partial charge in [0.05, 0.1) is 7.11 Å². The van der Waals surface area contributed by atoms with E-state index in [0.717, 1.165) is 24.2 Å². The highest BCUT2D eigenvalue weighted by molar-refractivity contribution is 5.68. The standard InChI is InChI=1S/C34H67NO2/c1-5-6-7-8-9-13-18-23-31(28-29-35(2)3)24-19-14-10-11-15-20-25-32-30-33(32)26-21-16-12-17-22-27-34(36)37-4/h31-33H,5-30H2,1-4H3. The fraction of sp³-hybridized carbons (Fsp3) is 0.971. The lowest BCUT2D eigenvalue weighted by atomic mass is 9.91. The largest absolute Gasteiger partial charge is 0.469 e. The fourth-order valence-corrected chi connectivity index (χ4v) is 6.14. The van der Waals surface area contributed by atoms with E-state index in [1.165, 1.54) is 161 Å². The third-order valence-electron chi connectivity index (χ3n) is 8.89. The second-order valence-electron chi connectivity index (χ2n) is 12.7. The number of carbonyl (C=O) groups is 1. The molecule has 0 radical (unpaired) electrons. The van der Waals surface area contributed by atoms with Gasteiger partial charge in [-0.15, -0.1) is 0 Å². The van der Waals surface area contributed by atoms with Crippen LogP contribution in [-0.2, 0) is 9.53 Å². The van der Waals surface area contributed by atoms with Crippen LogP contribution in [-0.4, -0.2) is 38.6 Å². The van der Waals surface area contributed by atoms with Gasteiger partial charge in [-0.25, -0.2) is 0 Å². The summed E-state index contributed by atoms with van der Waals surface area (Å²) in [5, 5.41) is 0. The molecule has 0 heterocycles. The Balaban J connectivity index is 1.92. The minimum atomic E-state index is -0.0563. The van der Waals surface area contributed by atoms with Crippen molar-refractivity contribution in [3.05, 3.63) is 0 Å². The van der Waals surface area contributed by atoms with Crippen LogP contribution in [0, 0.1) is 17.8 Å². The van der Waals surface area contributed by atoms with E-state index >= 15 is 0 Å². The molecule has 1 rings (SSSR count). The quantitative estimate of drug-likeness (QED) is 0.0757. The first kappa shape index (κ1) is 34.5. The molecule has 1 fully saturated rings. The lowest BCUT2D eigenvalue weighted by Gasteiger charge is -2.19. The first-order chi connectivity index (χ1) is 18.1. The van der Waals surface area contributed by atoms with Crippen molar-refractivity contribution in [2.24, 2.45) is 17.8 Å². The summed E-state index contributed by atoms with van der Waals surface area (Å²) in [7, 11) is 5.94. The number of ether oxygens (including phenoxy) is 1. The first-order valence-corrected chi connectivity index (χ1v) is 16.8. The number of carbonyl (C=O) groups excluding carboxylic acids is 1. The second-order valence-corrected chi connectivity index (χ2v) is 12.7. The number of unbranched alkanes of at least 4 members (excludes halogenated alkanes) is 15. The molecule has 3 unspecified atom stereocenters. The van der Waals surface area contributed by atoms with Crippen LogP contribution < -0.4 is 0 Å². The van der Waals surface area contributed by atoms with E-state index in [9.17, 15) is 4.79 Å². The Labute approximate surface area is 233 Å². The molecule has 0 aromatic rings. The average molecular weight is 522 g/mol. The highest BCUT2D eigenvalue weighted by atomic mass is 16.5. The van der Waals surface area contributed by atoms with E-state index in [1.54, 1.807) is 0 Å². The van der Waals surface area contributed by atoms with E-state index in [4.69, 9.17) is 4.74 Å². The van der Waals surface area contributed by atoms with Crippen molar-refractivity contribution >= 4 is 5.97 Å². The third kappa shape index (κ3) is 22.0. The molecule has 1 aliphatic rings. The highest BCUT2D eigenvalue weighted by Crippen LogP contribution is 2.45. The zero-order chi connectivity index (χ0) is 27.0. The lowest BCUT2D eigenvalue weighted by molar-refractivity contribution is -0.140. The Morgan fingerprint density at radius 3 is 1.62 bits per heavy atom. The topological polar surface area (TPSA) is 29.5 Å². The SMILES string of the molecule is CCCCCCCCCC(CCCCCCCCC1CC1CCCCCCCC(=O)OC)CCN(C)C. The number of hydrogen-bond donors (Lipinski definition) is 0. The molecule has 37 heavy (non-hydrogen) atoms. The normalized spacial score (nSPS) is 17.9. The minimum Gasteiger partial charge on any atom is -0.469 e. The summed E-state index contributed by atoms with van der Waals surface area (Å²) < 4.78 is 4.70. The monoisotopic (exact) mass is 522 g/mol. The lowest BCUT2D eigenvalue weighted by Crippen LogP contribution is -2.17. The molecule has 0 aliphatic heterocycles. The Kier molecular flexibility index (Phi) is 22.8. The zero-order valence-electron chi connectivity index (χ0n) is 25.9. The maximum atomic E-state index is 11.1. The summed E-state index contributed by atoms with van der Waals surface area (Å²) in [5.41, 5.74) is 0. The Morgan fingerprint density at radius 2 is 1.14 bits per heavy atom. The van der Waals surface area contributed by atoms with Crippen LogP contribution in [0.4, 0.5) is 0 Å². The van der Waals surface area contributed by atoms with E-state index < -0.39 is 0 Å². The van der Waals surface area contributed by atoms with Crippen molar-refractivity contribution in [2.45, 2.75) is 167 Å². The Morgan fingerprint density at radius 1 is 0.676 bits per heavy atom. The molecular formula is C34H67NO2. The van der Waals surface area contributed by atoms with Crippen molar-refractivity contribution in [1.82, 2.24) is 4.90 Å². The first-order valence-electron chi connectivity index (χ1n) is 16.8. The van der Waals surface area contributed by atoms with Gasteiger partial charge in [0.25, 0.3) is 0 Å². The van der Waals surface area contributed by atoms with Gasteiger partial charge >= 0.3 is 5.97 Å². The molecule has 220 valence electrons. The van der Waals surface area contributed by atoms with Crippen LogP contribution in [0.1, 0.15) is 167 Å². The second kappa shape index (κ2) is 24.5. The van der Waals surface area contributed by atoms with E-state index in [0.29, 0.717) is 6.42 Å². The van der Waals surface area contributed by atoms with Crippen LogP contribution in [0.25, 0.3) is 0 Å². The number of rotatable bonds is 28. The number of esters is 1. The molecule has 3 nitrogen and oxygen atoms in total. The zero-order valence-corrected chi connectivity index (χ0v) is 25.9. The van der Waals surface area contributed by atoms with E-state index in [1.807, 2.05) is 0 Å². The highest BCUT2D eigenvalue weighted by Gasteiger charge is 2.34.